The molecule has 5 rings (SSSR count). The quantitative estimate of drug-likeness (QED) is 0.312. The van der Waals surface area contributed by atoms with Gasteiger partial charge >= 0.3 is 0 Å². The van der Waals surface area contributed by atoms with Crippen LogP contribution >= 0.6 is 0 Å². The summed E-state index contributed by atoms with van der Waals surface area (Å²) >= 11 is 0. The molecule has 204 valence electrons. The third-order valence-electron chi connectivity index (χ3n) is 6.17. The Morgan fingerprint density at radius 2 is 1.80 bits per heavy atom. The molecule has 1 aromatic carbocycles. The summed E-state index contributed by atoms with van der Waals surface area (Å²) in [6.07, 6.45) is 0.170. The van der Waals surface area contributed by atoms with Gasteiger partial charge in [0.1, 0.15) is 29.9 Å². The summed E-state index contributed by atoms with van der Waals surface area (Å²) < 4.78 is 28.4. The van der Waals surface area contributed by atoms with Gasteiger partial charge in [0, 0.05) is 17.4 Å². The van der Waals surface area contributed by atoms with Crippen LogP contribution in [0.15, 0.2) is 59.8 Å². The zero-order valence-electron chi connectivity index (χ0n) is 21.8. The number of nitrogens with one attached hydrogen (secondary N) is 1. The number of nitrogen functional groups attached to an aromatic ring is 1. The van der Waals surface area contributed by atoms with Crippen molar-refractivity contribution < 1.29 is 13.6 Å². The number of halogens is 2. The number of alkyl halides is 2. The van der Waals surface area contributed by atoms with Crippen molar-refractivity contribution in [2.24, 2.45) is 0 Å². The van der Waals surface area contributed by atoms with Crippen LogP contribution in [0.1, 0.15) is 41.4 Å². The standard InChI is InChI=1S/C27H25F2N9O2/c1-14(2)19-10-18(27(40)38(35-19)21-9-4-15(3)11-31-21)26(39)34-17-7-5-16(6-8-17)23-22-24(30)32-13-33-25(22)37(36-23)12-20(28)29/h4-11,13-14,20H,12H2,1-3H3,(H,34,39)(H2,30,32,33). The Hall–Kier alpha value is -5.07. The first-order valence-electron chi connectivity index (χ1n) is 12.4. The highest BCUT2D eigenvalue weighted by atomic mass is 19.3. The van der Waals surface area contributed by atoms with Gasteiger partial charge in [0.2, 0.25) is 0 Å². The molecule has 13 heteroatoms. The molecule has 0 unspecified atom stereocenters. The number of anilines is 2. The van der Waals surface area contributed by atoms with E-state index in [1.165, 1.54) is 12.4 Å². The molecule has 0 aliphatic carbocycles. The second kappa shape index (κ2) is 10.6. The zero-order chi connectivity index (χ0) is 28.6. The lowest BCUT2D eigenvalue weighted by Gasteiger charge is -2.12. The highest BCUT2D eigenvalue weighted by Gasteiger charge is 2.21. The maximum Gasteiger partial charge on any atom is 0.285 e. The SMILES string of the molecule is Cc1ccc(-n2nc(C(C)C)cc(C(=O)Nc3ccc(-c4nn(CC(F)F)c5ncnc(N)c45)cc3)c2=O)nc1. The number of benzene rings is 1. The number of aryl methyl sites for hydroxylation is 1. The van der Waals surface area contributed by atoms with E-state index >= 15 is 0 Å². The second-order valence-corrected chi connectivity index (χ2v) is 9.46. The van der Waals surface area contributed by atoms with Gasteiger partial charge in [-0.1, -0.05) is 32.0 Å². The Morgan fingerprint density at radius 3 is 2.45 bits per heavy atom. The summed E-state index contributed by atoms with van der Waals surface area (Å²) in [6.45, 7) is 5.04. The van der Waals surface area contributed by atoms with Gasteiger partial charge in [-0.15, -0.1) is 0 Å². The third-order valence-corrected chi connectivity index (χ3v) is 6.17. The van der Waals surface area contributed by atoms with Gasteiger partial charge in [-0.3, -0.25) is 9.59 Å². The largest absolute Gasteiger partial charge is 0.383 e. The predicted octanol–water partition coefficient (Wildman–Crippen LogP) is 3.97. The van der Waals surface area contributed by atoms with E-state index in [2.05, 4.69) is 30.5 Å². The van der Waals surface area contributed by atoms with Crippen LogP contribution in [0.4, 0.5) is 20.3 Å². The number of fused-ring (bicyclic) bond motifs is 1. The molecular formula is C27H25F2N9O2. The predicted molar refractivity (Wildman–Crippen MR) is 146 cm³/mol. The minimum absolute atomic E-state index is 0.0563. The third kappa shape index (κ3) is 5.13. The number of aromatic nitrogens is 7. The lowest BCUT2D eigenvalue weighted by molar-refractivity contribution is 0.102. The molecule has 1 amide bonds. The molecule has 4 heterocycles. The fourth-order valence-corrected chi connectivity index (χ4v) is 4.10. The Morgan fingerprint density at radius 1 is 1.05 bits per heavy atom. The van der Waals surface area contributed by atoms with Crippen LogP contribution in [0.25, 0.3) is 28.1 Å². The summed E-state index contributed by atoms with van der Waals surface area (Å²) in [5, 5.41) is 11.8. The monoisotopic (exact) mass is 545 g/mol. The molecule has 0 bridgehead atoms. The second-order valence-electron chi connectivity index (χ2n) is 9.46. The number of hydrogen-bond donors (Lipinski definition) is 2. The van der Waals surface area contributed by atoms with E-state index in [0.717, 1.165) is 14.9 Å². The van der Waals surface area contributed by atoms with Gasteiger partial charge < -0.3 is 11.1 Å². The Labute approximate surface area is 226 Å². The van der Waals surface area contributed by atoms with E-state index in [4.69, 9.17) is 5.73 Å². The smallest absolute Gasteiger partial charge is 0.285 e. The van der Waals surface area contributed by atoms with Gasteiger partial charge in [-0.05, 0) is 42.7 Å². The number of carbonyl (C=O) groups excluding carboxylic acids is 1. The van der Waals surface area contributed by atoms with Gasteiger partial charge in [-0.2, -0.15) is 14.9 Å². The molecule has 40 heavy (non-hydrogen) atoms. The van der Waals surface area contributed by atoms with Crippen molar-refractivity contribution in [2.75, 3.05) is 11.1 Å². The first-order chi connectivity index (χ1) is 19.1. The molecule has 3 N–H and O–H groups in total. The average molecular weight is 546 g/mol. The summed E-state index contributed by atoms with van der Waals surface area (Å²) in [5.41, 5.74) is 8.26. The highest BCUT2D eigenvalue weighted by Crippen LogP contribution is 2.31. The van der Waals surface area contributed by atoms with Crippen molar-refractivity contribution in [2.45, 2.75) is 39.7 Å². The summed E-state index contributed by atoms with van der Waals surface area (Å²) in [4.78, 5) is 38.8. The van der Waals surface area contributed by atoms with Crippen LogP contribution in [0, 0.1) is 6.92 Å². The van der Waals surface area contributed by atoms with E-state index in [9.17, 15) is 18.4 Å². The van der Waals surface area contributed by atoms with E-state index in [1.54, 1.807) is 42.6 Å². The van der Waals surface area contributed by atoms with E-state index in [1.807, 2.05) is 20.8 Å². The minimum Gasteiger partial charge on any atom is -0.383 e. The molecule has 0 spiro atoms. The lowest BCUT2D eigenvalue weighted by Crippen LogP contribution is -2.31. The molecule has 0 aliphatic heterocycles. The van der Waals surface area contributed by atoms with E-state index in [-0.39, 0.29) is 22.9 Å². The number of pyridine rings is 1. The topological polar surface area (TPSA) is 146 Å². The average Bonchev–Trinajstić information content (AvgIpc) is 3.28. The van der Waals surface area contributed by atoms with Gasteiger partial charge in [-0.25, -0.2) is 28.4 Å². The number of nitrogens with two attached hydrogens (primary N) is 1. The molecule has 5 aromatic rings. The lowest BCUT2D eigenvalue weighted by atomic mass is 10.1. The fraction of sp³-hybridized carbons (Fsp3) is 0.222. The first-order valence-corrected chi connectivity index (χ1v) is 12.4. The summed E-state index contributed by atoms with van der Waals surface area (Å²) in [6, 6.07) is 11.5. The molecule has 0 fully saturated rings. The minimum atomic E-state index is -2.64. The van der Waals surface area contributed by atoms with Crippen LogP contribution in [-0.2, 0) is 6.54 Å². The number of hydrogen-bond acceptors (Lipinski definition) is 8. The number of rotatable bonds is 7. The van der Waals surface area contributed by atoms with Crippen LogP contribution in [0.3, 0.4) is 0 Å². The van der Waals surface area contributed by atoms with Crippen molar-refractivity contribution in [3.05, 3.63) is 82.2 Å². The molecule has 0 saturated carbocycles. The van der Waals surface area contributed by atoms with Gasteiger partial charge in [0.05, 0.1) is 11.1 Å². The normalized spacial score (nSPS) is 11.5. The van der Waals surface area contributed by atoms with Crippen LogP contribution < -0.4 is 16.6 Å². The van der Waals surface area contributed by atoms with Crippen LogP contribution in [-0.4, -0.2) is 46.8 Å². The molecule has 4 aromatic heterocycles. The maximum atomic E-state index is 13.2. The van der Waals surface area contributed by atoms with Crippen molar-refractivity contribution in [1.29, 1.82) is 0 Å². The van der Waals surface area contributed by atoms with Crippen molar-refractivity contribution in [3.63, 3.8) is 0 Å². The molecular weight excluding hydrogens is 520 g/mol. The zero-order valence-corrected chi connectivity index (χ0v) is 21.8. The van der Waals surface area contributed by atoms with Gasteiger partial charge in [0.25, 0.3) is 17.9 Å². The summed E-state index contributed by atoms with van der Waals surface area (Å²) in [5.74, 6) is -0.263. The van der Waals surface area contributed by atoms with Crippen molar-refractivity contribution >= 4 is 28.4 Å². The molecule has 0 radical (unpaired) electrons. The molecule has 0 saturated heterocycles. The van der Waals surface area contributed by atoms with Crippen LogP contribution in [0.5, 0.6) is 0 Å². The number of amides is 1. The Kier molecular flexibility index (Phi) is 7.03. The summed E-state index contributed by atoms with van der Waals surface area (Å²) in [7, 11) is 0. The maximum absolute atomic E-state index is 13.2. The first kappa shape index (κ1) is 26.5. The fourth-order valence-electron chi connectivity index (χ4n) is 4.10. The number of carbonyl (C=O) groups is 1. The Balaban J connectivity index is 1.47. The van der Waals surface area contributed by atoms with Crippen LogP contribution in [0.2, 0.25) is 0 Å². The molecule has 0 atom stereocenters. The highest BCUT2D eigenvalue weighted by molar-refractivity contribution is 6.04. The van der Waals surface area contributed by atoms with Gasteiger partial charge in [0.15, 0.2) is 11.5 Å². The molecule has 0 aliphatic rings. The van der Waals surface area contributed by atoms with Crippen molar-refractivity contribution in [3.8, 4) is 17.1 Å². The van der Waals surface area contributed by atoms with E-state index < -0.39 is 24.4 Å². The number of nitrogens with zero attached hydrogens (tertiary/aromatic N) is 7. The molecule has 11 nitrogen and oxygen atoms in total. The van der Waals surface area contributed by atoms with Crippen molar-refractivity contribution in [1.82, 2.24) is 34.5 Å². The Bertz CT molecular complexity index is 1760. The van der Waals surface area contributed by atoms with E-state index in [0.29, 0.717) is 33.8 Å².